The van der Waals surface area contributed by atoms with E-state index >= 15 is 0 Å². The first-order valence-corrected chi connectivity index (χ1v) is 6.35. The first-order valence-electron chi connectivity index (χ1n) is 6.35. The van der Waals surface area contributed by atoms with Gasteiger partial charge >= 0.3 is 5.97 Å². The van der Waals surface area contributed by atoms with Gasteiger partial charge in [0.1, 0.15) is 5.82 Å². The molecule has 0 atom stereocenters. The van der Waals surface area contributed by atoms with Crippen molar-refractivity contribution < 1.29 is 13.9 Å². The lowest BCUT2D eigenvalue weighted by atomic mass is 9.75. The lowest BCUT2D eigenvalue weighted by molar-refractivity contribution is -0.150. The molecule has 1 aromatic heterocycles. The molecule has 1 saturated carbocycles. The van der Waals surface area contributed by atoms with E-state index in [4.69, 9.17) is 4.74 Å². The van der Waals surface area contributed by atoms with Crippen molar-refractivity contribution in [2.45, 2.75) is 19.4 Å². The van der Waals surface area contributed by atoms with Crippen LogP contribution in [0.25, 0.3) is 11.0 Å². The van der Waals surface area contributed by atoms with E-state index in [2.05, 4.69) is 4.98 Å². The average molecular weight is 262 g/mol. The van der Waals surface area contributed by atoms with Crippen molar-refractivity contribution in [3.8, 4) is 0 Å². The van der Waals surface area contributed by atoms with Gasteiger partial charge in [-0.25, -0.2) is 9.37 Å². The summed E-state index contributed by atoms with van der Waals surface area (Å²) in [4.78, 5) is 15.5. The summed E-state index contributed by atoms with van der Waals surface area (Å²) >= 11 is 0. The number of halogens is 1. The topological polar surface area (TPSA) is 44.1 Å². The number of rotatable bonds is 3. The second-order valence-electron chi connectivity index (χ2n) is 5.09. The minimum Gasteiger partial charge on any atom is -0.469 e. The Hall–Kier alpha value is -1.91. The summed E-state index contributed by atoms with van der Waals surface area (Å²) in [7, 11) is 1.42. The number of aromatic nitrogens is 2. The third kappa shape index (κ3) is 2.20. The average Bonchev–Trinajstić information content (AvgIpc) is 2.74. The zero-order valence-electron chi connectivity index (χ0n) is 10.7. The van der Waals surface area contributed by atoms with Gasteiger partial charge in [0.25, 0.3) is 0 Å². The highest BCUT2D eigenvalue weighted by molar-refractivity contribution is 5.75. The number of carbonyl (C=O) groups is 1. The summed E-state index contributed by atoms with van der Waals surface area (Å²) in [5.41, 5.74) is 1.60. The summed E-state index contributed by atoms with van der Waals surface area (Å²) in [5.74, 6) is 0.120. The molecule has 1 heterocycles. The summed E-state index contributed by atoms with van der Waals surface area (Å²) in [5, 5.41) is 0. The molecule has 1 aliphatic rings. The lowest BCUT2D eigenvalue weighted by Crippen LogP contribution is -2.33. The van der Waals surface area contributed by atoms with Crippen molar-refractivity contribution in [2.75, 3.05) is 7.11 Å². The van der Waals surface area contributed by atoms with Crippen LogP contribution in [0.5, 0.6) is 0 Å². The van der Waals surface area contributed by atoms with Gasteiger partial charge in [-0.3, -0.25) is 4.79 Å². The first kappa shape index (κ1) is 12.1. The Bertz CT molecular complexity index is 617. The van der Waals surface area contributed by atoms with Crippen LogP contribution in [0.1, 0.15) is 12.8 Å². The minimum absolute atomic E-state index is 0.0437. The molecule has 1 fully saturated rings. The minimum atomic E-state index is -0.271. The molecular weight excluding hydrogens is 247 g/mol. The maximum Gasteiger partial charge on any atom is 0.308 e. The molecular formula is C14H15FN2O2. The van der Waals surface area contributed by atoms with E-state index < -0.39 is 0 Å². The Labute approximate surface area is 110 Å². The number of fused-ring (bicyclic) bond motifs is 1. The Kier molecular flexibility index (Phi) is 2.97. The van der Waals surface area contributed by atoms with E-state index in [1.54, 1.807) is 12.4 Å². The summed E-state index contributed by atoms with van der Waals surface area (Å²) in [6.07, 6.45) is 3.44. The van der Waals surface area contributed by atoms with Gasteiger partial charge in [-0.05, 0) is 30.9 Å². The highest BCUT2D eigenvalue weighted by atomic mass is 19.1. The Morgan fingerprint density at radius 2 is 2.32 bits per heavy atom. The zero-order valence-corrected chi connectivity index (χ0v) is 10.7. The van der Waals surface area contributed by atoms with Crippen LogP contribution in [-0.2, 0) is 16.1 Å². The predicted octanol–water partition coefficient (Wildman–Crippen LogP) is 2.37. The molecule has 2 aromatic rings. The first-order chi connectivity index (χ1) is 9.17. The zero-order chi connectivity index (χ0) is 13.4. The van der Waals surface area contributed by atoms with Crippen molar-refractivity contribution in [3.63, 3.8) is 0 Å². The molecule has 5 heteroatoms. The molecule has 0 radical (unpaired) electrons. The number of hydrogen-bond acceptors (Lipinski definition) is 3. The van der Waals surface area contributed by atoms with Gasteiger partial charge in [0.15, 0.2) is 0 Å². The number of benzene rings is 1. The molecule has 0 aliphatic heterocycles. The molecule has 0 spiro atoms. The van der Waals surface area contributed by atoms with Crippen LogP contribution in [0.15, 0.2) is 24.5 Å². The van der Waals surface area contributed by atoms with E-state index in [1.165, 1.54) is 19.2 Å². The third-order valence-electron chi connectivity index (χ3n) is 3.81. The number of esters is 1. The normalized spacial score (nSPS) is 22.2. The Morgan fingerprint density at radius 3 is 3.05 bits per heavy atom. The highest BCUT2D eigenvalue weighted by Gasteiger charge is 2.35. The molecule has 0 bridgehead atoms. The molecule has 4 nitrogen and oxygen atoms in total. The SMILES string of the molecule is COC(=O)[C@H]1C[C@H](Cn2cnc3cc(F)ccc32)C1. The standard InChI is InChI=1S/C14H15FN2O2/c1-19-14(18)10-4-9(5-10)7-17-8-16-12-6-11(15)2-3-13(12)17/h2-3,6,8-10H,4-5,7H2,1H3/t9-,10-. The van der Waals surface area contributed by atoms with Crippen LogP contribution >= 0.6 is 0 Å². The highest BCUT2D eigenvalue weighted by Crippen LogP contribution is 2.36. The Balaban J connectivity index is 1.69. The fraction of sp³-hybridized carbons (Fsp3) is 0.429. The smallest absolute Gasteiger partial charge is 0.308 e. The van der Waals surface area contributed by atoms with Crippen LogP contribution in [-0.4, -0.2) is 22.6 Å². The van der Waals surface area contributed by atoms with Gasteiger partial charge in [0.2, 0.25) is 0 Å². The molecule has 0 amide bonds. The van der Waals surface area contributed by atoms with Crippen molar-refractivity contribution >= 4 is 17.0 Å². The molecule has 19 heavy (non-hydrogen) atoms. The van der Waals surface area contributed by atoms with Crippen LogP contribution < -0.4 is 0 Å². The number of ether oxygens (including phenoxy) is 1. The molecule has 100 valence electrons. The van der Waals surface area contributed by atoms with Crippen molar-refractivity contribution in [3.05, 3.63) is 30.3 Å². The largest absolute Gasteiger partial charge is 0.469 e. The van der Waals surface area contributed by atoms with Gasteiger partial charge in [0.05, 0.1) is 30.4 Å². The van der Waals surface area contributed by atoms with E-state index in [9.17, 15) is 9.18 Å². The van der Waals surface area contributed by atoms with Crippen LogP contribution in [0.3, 0.4) is 0 Å². The fourth-order valence-corrected chi connectivity index (χ4v) is 2.70. The summed E-state index contributed by atoms with van der Waals surface area (Å²) < 4.78 is 19.8. The number of imidazole rings is 1. The summed E-state index contributed by atoms with van der Waals surface area (Å²) in [6.45, 7) is 0.815. The molecule has 3 rings (SSSR count). The maximum absolute atomic E-state index is 13.1. The van der Waals surface area contributed by atoms with E-state index in [0.29, 0.717) is 11.4 Å². The molecule has 0 N–H and O–H groups in total. The fourth-order valence-electron chi connectivity index (χ4n) is 2.70. The number of hydrogen-bond donors (Lipinski definition) is 0. The lowest BCUT2D eigenvalue weighted by Gasteiger charge is -2.33. The number of nitrogens with zero attached hydrogens (tertiary/aromatic N) is 2. The molecule has 0 unspecified atom stereocenters. The van der Waals surface area contributed by atoms with Crippen molar-refractivity contribution in [1.82, 2.24) is 9.55 Å². The van der Waals surface area contributed by atoms with E-state index in [-0.39, 0.29) is 17.7 Å². The maximum atomic E-state index is 13.1. The monoisotopic (exact) mass is 262 g/mol. The quantitative estimate of drug-likeness (QED) is 0.798. The van der Waals surface area contributed by atoms with Crippen molar-refractivity contribution in [2.24, 2.45) is 11.8 Å². The molecule has 1 aliphatic carbocycles. The van der Waals surface area contributed by atoms with Gasteiger partial charge in [-0.2, -0.15) is 0 Å². The predicted molar refractivity (Wildman–Crippen MR) is 67.9 cm³/mol. The van der Waals surface area contributed by atoms with Crippen LogP contribution in [0.4, 0.5) is 4.39 Å². The second-order valence-corrected chi connectivity index (χ2v) is 5.09. The van der Waals surface area contributed by atoms with Crippen LogP contribution in [0, 0.1) is 17.7 Å². The van der Waals surface area contributed by atoms with Gasteiger partial charge < -0.3 is 9.30 Å². The van der Waals surface area contributed by atoms with Gasteiger partial charge in [0, 0.05) is 12.6 Å². The van der Waals surface area contributed by atoms with E-state index in [0.717, 1.165) is 24.9 Å². The summed E-state index contributed by atoms with van der Waals surface area (Å²) in [6, 6.07) is 4.62. The third-order valence-corrected chi connectivity index (χ3v) is 3.81. The Morgan fingerprint density at radius 1 is 1.53 bits per heavy atom. The molecule has 1 aromatic carbocycles. The number of methoxy groups -OCH3 is 1. The van der Waals surface area contributed by atoms with Gasteiger partial charge in [-0.1, -0.05) is 0 Å². The molecule has 0 saturated heterocycles. The van der Waals surface area contributed by atoms with E-state index in [1.807, 2.05) is 4.57 Å². The van der Waals surface area contributed by atoms with Crippen molar-refractivity contribution in [1.29, 1.82) is 0 Å². The number of carbonyl (C=O) groups excluding carboxylic acids is 1. The second kappa shape index (κ2) is 4.64. The van der Waals surface area contributed by atoms with Gasteiger partial charge in [-0.15, -0.1) is 0 Å². The van der Waals surface area contributed by atoms with Crippen LogP contribution in [0.2, 0.25) is 0 Å².